The Morgan fingerprint density at radius 3 is 2.87 bits per heavy atom. The summed E-state index contributed by atoms with van der Waals surface area (Å²) in [5.41, 5.74) is 6.10. The second kappa shape index (κ2) is 5.61. The average molecular weight is 209 g/mol. The minimum absolute atomic E-state index is 0.0433. The van der Waals surface area contributed by atoms with Crippen LogP contribution in [0.3, 0.4) is 0 Å². The molecule has 0 saturated carbocycles. The molecule has 82 valence electrons. The summed E-state index contributed by atoms with van der Waals surface area (Å²) in [5, 5.41) is 0. The quantitative estimate of drug-likeness (QED) is 0.805. The molecule has 1 aromatic carbocycles. The van der Waals surface area contributed by atoms with Gasteiger partial charge in [-0.1, -0.05) is 19.1 Å². The van der Waals surface area contributed by atoms with E-state index in [0.29, 0.717) is 19.4 Å². The van der Waals surface area contributed by atoms with Crippen molar-refractivity contribution in [3.05, 3.63) is 35.6 Å². The van der Waals surface area contributed by atoms with Gasteiger partial charge < -0.3 is 5.73 Å². The monoisotopic (exact) mass is 209 g/mol. The first-order chi connectivity index (χ1) is 7.13. The molecule has 2 nitrogen and oxygen atoms in total. The number of hydrogen-bond donors (Lipinski definition) is 1. The molecule has 0 aliphatic heterocycles. The van der Waals surface area contributed by atoms with Crippen molar-refractivity contribution < 1.29 is 9.18 Å². The first-order valence-electron chi connectivity index (χ1n) is 5.10. The summed E-state index contributed by atoms with van der Waals surface area (Å²) < 4.78 is 12.8. The van der Waals surface area contributed by atoms with Crippen LogP contribution < -0.4 is 5.73 Å². The second-order valence-electron chi connectivity index (χ2n) is 3.75. The maximum atomic E-state index is 12.8. The molecule has 0 amide bonds. The lowest BCUT2D eigenvalue weighted by Crippen LogP contribution is -2.17. The maximum Gasteiger partial charge on any atom is 0.140 e. The number of carbonyl (C=O) groups is 1. The third-order valence-electron chi connectivity index (χ3n) is 2.42. The van der Waals surface area contributed by atoms with E-state index in [2.05, 4.69) is 0 Å². The Labute approximate surface area is 89.3 Å². The Kier molecular flexibility index (Phi) is 4.43. The molecule has 0 heterocycles. The molecule has 0 fully saturated rings. The second-order valence-corrected chi connectivity index (χ2v) is 3.75. The summed E-state index contributed by atoms with van der Waals surface area (Å²) in [5.74, 6) is -0.226. The summed E-state index contributed by atoms with van der Waals surface area (Å²) in [6, 6.07) is 6.14. The Morgan fingerprint density at radius 2 is 2.27 bits per heavy atom. The largest absolute Gasteiger partial charge is 0.330 e. The molecule has 0 radical (unpaired) electrons. The van der Waals surface area contributed by atoms with Crippen LogP contribution in [0, 0.1) is 11.7 Å². The van der Waals surface area contributed by atoms with E-state index in [0.717, 1.165) is 5.56 Å². The molecular weight excluding hydrogens is 193 g/mol. The van der Waals surface area contributed by atoms with E-state index >= 15 is 0 Å². The zero-order chi connectivity index (χ0) is 11.3. The van der Waals surface area contributed by atoms with Gasteiger partial charge in [0, 0.05) is 12.3 Å². The highest BCUT2D eigenvalue weighted by Gasteiger charge is 2.12. The summed E-state index contributed by atoms with van der Waals surface area (Å²) in [6.07, 6.45) is 0.979. The van der Waals surface area contributed by atoms with Gasteiger partial charge in [-0.25, -0.2) is 4.39 Å². The van der Waals surface area contributed by atoms with Crippen LogP contribution in [0.2, 0.25) is 0 Å². The van der Waals surface area contributed by atoms with Crippen LogP contribution in [0.5, 0.6) is 0 Å². The van der Waals surface area contributed by atoms with Gasteiger partial charge in [-0.2, -0.15) is 0 Å². The van der Waals surface area contributed by atoms with E-state index in [4.69, 9.17) is 5.73 Å². The van der Waals surface area contributed by atoms with Crippen molar-refractivity contribution in [3.63, 3.8) is 0 Å². The Balaban J connectivity index is 2.58. The zero-order valence-electron chi connectivity index (χ0n) is 8.87. The molecule has 1 rings (SSSR count). The zero-order valence-corrected chi connectivity index (χ0v) is 8.87. The molecule has 0 spiro atoms. The van der Waals surface area contributed by atoms with Gasteiger partial charge in [-0.05, 0) is 30.7 Å². The molecule has 3 heteroatoms. The van der Waals surface area contributed by atoms with Crippen LogP contribution in [0.15, 0.2) is 24.3 Å². The van der Waals surface area contributed by atoms with Crippen molar-refractivity contribution in [2.24, 2.45) is 11.7 Å². The summed E-state index contributed by atoms with van der Waals surface area (Å²) in [4.78, 5) is 11.6. The lowest BCUT2D eigenvalue weighted by Gasteiger charge is -2.08. The van der Waals surface area contributed by atoms with Crippen LogP contribution in [-0.4, -0.2) is 12.3 Å². The number of hydrogen-bond acceptors (Lipinski definition) is 2. The van der Waals surface area contributed by atoms with Crippen LogP contribution in [0.25, 0.3) is 0 Å². The van der Waals surface area contributed by atoms with E-state index in [-0.39, 0.29) is 17.5 Å². The molecule has 0 saturated heterocycles. The van der Waals surface area contributed by atoms with Gasteiger partial charge in [0.15, 0.2) is 0 Å². The van der Waals surface area contributed by atoms with Crippen molar-refractivity contribution in [2.75, 3.05) is 6.54 Å². The summed E-state index contributed by atoms with van der Waals surface area (Å²) in [7, 11) is 0. The third-order valence-corrected chi connectivity index (χ3v) is 2.42. The van der Waals surface area contributed by atoms with Crippen molar-refractivity contribution in [3.8, 4) is 0 Å². The van der Waals surface area contributed by atoms with Gasteiger partial charge in [0.2, 0.25) is 0 Å². The Morgan fingerprint density at radius 1 is 1.53 bits per heavy atom. The molecule has 0 aliphatic rings. The summed E-state index contributed by atoms with van der Waals surface area (Å²) >= 11 is 0. The minimum atomic E-state index is -0.299. The maximum absolute atomic E-state index is 12.8. The fourth-order valence-electron chi connectivity index (χ4n) is 1.43. The number of rotatable bonds is 5. The Bertz CT molecular complexity index is 338. The molecule has 1 atom stereocenters. The third kappa shape index (κ3) is 3.80. The van der Waals surface area contributed by atoms with Gasteiger partial charge >= 0.3 is 0 Å². The van der Waals surface area contributed by atoms with E-state index in [1.165, 1.54) is 12.1 Å². The predicted octanol–water partition coefficient (Wildman–Crippen LogP) is 1.92. The smallest absolute Gasteiger partial charge is 0.140 e. The first kappa shape index (κ1) is 11.9. The molecule has 2 N–H and O–H groups in total. The lowest BCUT2D eigenvalue weighted by molar-refractivity contribution is -0.121. The first-order valence-corrected chi connectivity index (χ1v) is 5.10. The van der Waals surface area contributed by atoms with Gasteiger partial charge in [0.1, 0.15) is 11.6 Å². The van der Waals surface area contributed by atoms with E-state index in [9.17, 15) is 9.18 Å². The Hall–Kier alpha value is -1.22. The highest BCUT2D eigenvalue weighted by atomic mass is 19.1. The average Bonchev–Trinajstić information content (AvgIpc) is 2.18. The number of halogens is 1. The van der Waals surface area contributed by atoms with Crippen molar-refractivity contribution in [1.29, 1.82) is 0 Å². The van der Waals surface area contributed by atoms with Gasteiger partial charge in [-0.15, -0.1) is 0 Å². The van der Waals surface area contributed by atoms with Crippen LogP contribution in [0.1, 0.15) is 18.9 Å². The molecular formula is C12H16FNO. The fraction of sp³-hybridized carbons (Fsp3) is 0.417. The lowest BCUT2D eigenvalue weighted by atomic mass is 9.97. The molecule has 1 unspecified atom stereocenters. The van der Waals surface area contributed by atoms with Crippen LogP contribution in [0.4, 0.5) is 4.39 Å². The molecule has 15 heavy (non-hydrogen) atoms. The van der Waals surface area contributed by atoms with Crippen molar-refractivity contribution >= 4 is 5.78 Å². The van der Waals surface area contributed by atoms with Crippen LogP contribution in [-0.2, 0) is 11.2 Å². The molecule has 0 bridgehead atoms. The minimum Gasteiger partial charge on any atom is -0.330 e. The molecule has 0 aromatic heterocycles. The van der Waals surface area contributed by atoms with E-state index < -0.39 is 0 Å². The number of Topliss-reactive ketones (excluding diaryl/α,β-unsaturated/α-hetero) is 1. The number of ketones is 1. The molecule has 0 aliphatic carbocycles. The normalized spacial score (nSPS) is 12.5. The van der Waals surface area contributed by atoms with Gasteiger partial charge in [0.05, 0.1) is 0 Å². The standard InChI is InChI=1S/C12H16FNO/c1-9(5-6-14)12(15)8-10-3-2-4-11(13)7-10/h2-4,7,9H,5-6,8,14H2,1H3. The predicted molar refractivity (Wildman–Crippen MR) is 57.9 cm³/mol. The van der Waals surface area contributed by atoms with Crippen molar-refractivity contribution in [1.82, 2.24) is 0 Å². The fourth-order valence-corrected chi connectivity index (χ4v) is 1.43. The summed E-state index contributed by atoms with van der Waals surface area (Å²) in [6.45, 7) is 2.37. The highest BCUT2D eigenvalue weighted by molar-refractivity contribution is 5.82. The number of benzene rings is 1. The van der Waals surface area contributed by atoms with Crippen LogP contribution >= 0.6 is 0 Å². The topological polar surface area (TPSA) is 43.1 Å². The molecule has 1 aromatic rings. The van der Waals surface area contributed by atoms with E-state index in [1.807, 2.05) is 6.92 Å². The number of nitrogens with two attached hydrogens (primary N) is 1. The highest BCUT2D eigenvalue weighted by Crippen LogP contribution is 2.10. The van der Waals surface area contributed by atoms with Gasteiger partial charge in [0.25, 0.3) is 0 Å². The number of carbonyl (C=O) groups excluding carboxylic acids is 1. The SMILES string of the molecule is CC(CCN)C(=O)Cc1cccc(F)c1. The van der Waals surface area contributed by atoms with Gasteiger partial charge in [-0.3, -0.25) is 4.79 Å². The van der Waals surface area contributed by atoms with E-state index in [1.54, 1.807) is 12.1 Å². The van der Waals surface area contributed by atoms with Crippen molar-refractivity contribution in [2.45, 2.75) is 19.8 Å².